The van der Waals surface area contributed by atoms with Crippen molar-refractivity contribution in [2.24, 2.45) is 5.92 Å². The minimum Gasteiger partial charge on any atom is -0.449 e. The highest BCUT2D eigenvalue weighted by molar-refractivity contribution is 6.42. The Labute approximate surface area is 105 Å². The molecule has 88 valence electrons. The summed E-state index contributed by atoms with van der Waals surface area (Å²) in [5, 5.41) is 3.40. The van der Waals surface area contributed by atoms with E-state index in [-0.39, 0.29) is 0 Å². The monoisotopic (exact) mass is 261 g/mol. The van der Waals surface area contributed by atoms with Crippen molar-refractivity contribution in [2.45, 2.75) is 13.8 Å². The normalized spacial score (nSPS) is 10.3. The Morgan fingerprint density at radius 2 is 2.06 bits per heavy atom. The van der Waals surface area contributed by atoms with Crippen molar-refractivity contribution in [1.29, 1.82) is 0 Å². The summed E-state index contributed by atoms with van der Waals surface area (Å²) in [6.45, 7) is 4.31. The maximum atomic E-state index is 11.3. The molecule has 0 saturated heterocycles. The molecule has 0 fully saturated rings. The molecule has 0 atom stereocenters. The zero-order valence-corrected chi connectivity index (χ0v) is 10.6. The van der Waals surface area contributed by atoms with Crippen LogP contribution in [0.25, 0.3) is 0 Å². The number of anilines is 1. The van der Waals surface area contributed by atoms with Gasteiger partial charge in [0.1, 0.15) is 0 Å². The third kappa shape index (κ3) is 4.29. The maximum absolute atomic E-state index is 11.3. The Hall–Kier alpha value is -0.930. The molecule has 0 bridgehead atoms. The van der Waals surface area contributed by atoms with Crippen LogP contribution in [-0.2, 0) is 4.74 Å². The molecule has 1 N–H and O–H groups in total. The third-order valence-corrected chi connectivity index (χ3v) is 2.45. The second-order valence-electron chi connectivity index (χ2n) is 3.75. The summed E-state index contributed by atoms with van der Waals surface area (Å²) < 4.78 is 4.95. The second kappa shape index (κ2) is 5.97. The van der Waals surface area contributed by atoms with E-state index in [4.69, 9.17) is 27.9 Å². The first-order chi connectivity index (χ1) is 7.49. The molecular weight excluding hydrogens is 249 g/mol. The van der Waals surface area contributed by atoms with E-state index < -0.39 is 6.09 Å². The quantitative estimate of drug-likeness (QED) is 0.886. The zero-order valence-electron chi connectivity index (χ0n) is 9.09. The lowest BCUT2D eigenvalue weighted by Gasteiger charge is -2.09. The highest BCUT2D eigenvalue weighted by atomic mass is 35.5. The molecule has 0 heterocycles. The molecule has 16 heavy (non-hydrogen) atoms. The maximum Gasteiger partial charge on any atom is 0.411 e. The van der Waals surface area contributed by atoms with Gasteiger partial charge in [0, 0.05) is 5.69 Å². The molecule has 0 spiro atoms. The number of hydrogen-bond acceptors (Lipinski definition) is 2. The summed E-state index contributed by atoms with van der Waals surface area (Å²) in [4.78, 5) is 11.3. The lowest BCUT2D eigenvalue weighted by Crippen LogP contribution is -2.16. The van der Waals surface area contributed by atoms with Crippen molar-refractivity contribution in [3.8, 4) is 0 Å². The molecule has 1 rings (SSSR count). The fourth-order valence-electron chi connectivity index (χ4n) is 0.970. The SMILES string of the molecule is CC(C)COC(=O)Nc1ccc(Cl)c(Cl)c1. The van der Waals surface area contributed by atoms with Gasteiger partial charge < -0.3 is 4.74 Å². The van der Waals surface area contributed by atoms with E-state index in [1.54, 1.807) is 18.2 Å². The number of amides is 1. The van der Waals surface area contributed by atoms with Gasteiger partial charge >= 0.3 is 6.09 Å². The Morgan fingerprint density at radius 1 is 1.38 bits per heavy atom. The third-order valence-electron chi connectivity index (χ3n) is 1.71. The van der Waals surface area contributed by atoms with E-state index in [2.05, 4.69) is 5.32 Å². The molecule has 5 heteroatoms. The summed E-state index contributed by atoms with van der Waals surface area (Å²) in [6, 6.07) is 4.84. The van der Waals surface area contributed by atoms with Gasteiger partial charge in [-0.3, -0.25) is 5.32 Å². The topological polar surface area (TPSA) is 38.3 Å². The number of ether oxygens (including phenoxy) is 1. The largest absolute Gasteiger partial charge is 0.449 e. The predicted molar refractivity (Wildman–Crippen MR) is 66.3 cm³/mol. The number of rotatable bonds is 3. The van der Waals surface area contributed by atoms with Crippen LogP contribution < -0.4 is 5.32 Å². The molecular formula is C11H13Cl2NO2. The second-order valence-corrected chi connectivity index (χ2v) is 4.56. The number of carbonyl (C=O) groups is 1. The molecule has 1 amide bonds. The highest BCUT2D eigenvalue weighted by Gasteiger charge is 2.06. The molecule has 3 nitrogen and oxygen atoms in total. The van der Waals surface area contributed by atoms with Gasteiger partial charge in [0.2, 0.25) is 0 Å². The Morgan fingerprint density at radius 3 is 2.62 bits per heavy atom. The molecule has 1 aromatic rings. The van der Waals surface area contributed by atoms with E-state index in [0.29, 0.717) is 28.3 Å². The summed E-state index contributed by atoms with van der Waals surface area (Å²) in [7, 11) is 0. The van der Waals surface area contributed by atoms with Crippen molar-refractivity contribution < 1.29 is 9.53 Å². The summed E-state index contributed by atoms with van der Waals surface area (Å²) in [6.07, 6.45) is -0.493. The van der Waals surface area contributed by atoms with Crippen LogP contribution in [0.5, 0.6) is 0 Å². The van der Waals surface area contributed by atoms with Crippen LogP contribution in [0.1, 0.15) is 13.8 Å². The van der Waals surface area contributed by atoms with Crippen molar-refractivity contribution in [3.05, 3.63) is 28.2 Å². The number of hydrogen-bond donors (Lipinski definition) is 1. The molecule has 0 aliphatic heterocycles. The number of nitrogens with one attached hydrogen (secondary N) is 1. The van der Waals surface area contributed by atoms with E-state index in [9.17, 15) is 4.79 Å². The summed E-state index contributed by atoms with van der Waals surface area (Å²) in [5.41, 5.74) is 0.558. The average molecular weight is 262 g/mol. The van der Waals surface area contributed by atoms with Gasteiger partial charge in [0.15, 0.2) is 0 Å². The van der Waals surface area contributed by atoms with Gasteiger partial charge in [-0.2, -0.15) is 0 Å². The first kappa shape index (κ1) is 13.1. The molecule has 0 aliphatic carbocycles. The Balaban J connectivity index is 2.53. The number of benzene rings is 1. The Bertz CT molecular complexity index is 380. The van der Waals surface area contributed by atoms with Crippen LogP contribution in [0.4, 0.5) is 10.5 Å². The van der Waals surface area contributed by atoms with E-state index in [1.807, 2.05) is 13.8 Å². The smallest absolute Gasteiger partial charge is 0.411 e. The fraction of sp³-hybridized carbons (Fsp3) is 0.364. The van der Waals surface area contributed by atoms with E-state index in [1.165, 1.54) is 0 Å². The zero-order chi connectivity index (χ0) is 12.1. The van der Waals surface area contributed by atoms with Gasteiger partial charge in [0.25, 0.3) is 0 Å². The van der Waals surface area contributed by atoms with Gasteiger partial charge in [-0.1, -0.05) is 37.0 Å². The molecule has 0 radical (unpaired) electrons. The Kier molecular flexibility index (Phi) is 4.90. The van der Waals surface area contributed by atoms with Crippen molar-refractivity contribution >= 4 is 35.0 Å². The minimum atomic E-state index is -0.493. The van der Waals surface area contributed by atoms with Gasteiger partial charge in [-0.25, -0.2) is 4.79 Å². The standard InChI is InChI=1S/C11H13Cl2NO2/c1-7(2)6-16-11(15)14-8-3-4-9(12)10(13)5-8/h3-5,7H,6H2,1-2H3,(H,14,15). The van der Waals surface area contributed by atoms with Gasteiger partial charge in [-0.05, 0) is 24.1 Å². The number of carbonyl (C=O) groups excluding carboxylic acids is 1. The van der Waals surface area contributed by atoms with E-state index >= 15 is 0 Å². The molecule has 0 aromatic heterocycles. The van der Waals surface area contributed by atoms with Crippen LogP contribution >= 0.6 is 23.2 Å². The summed E-state index contributed by atoms with van der Waals surface area (Å²) in [5.74, 6) is 0.305. The average Bonchev–Trinajstić information content (AvgIpc) is 2.21. The highest BCUT2D eigenvalue weighted by Crippen LogP contribution is 2.24. The number of halogens is 2. The lowest BCUT2D eigenvalue weighted by molar-refractivity contribution is 0.147. The van der Waals surface area contributed by atoms with Crippen molar-refractivity contribution in [2.75, 3.05) is 11.9 Å². The molecule has 1 aromatic carbocycles. The first-order valence-corrected chi connectivity index (χ1v) is 5.63. The van der Waals surface area contributed by atoms with Gasteiger partial charge in [0.05, 0.1) is 16.7 Å². The van der Waals surface area contributed by atoms with Crippen LogP contribution in [0, 0.1) is 5.92 Å². The molecule has 0 saturated carbocycles. The van der Waals surface area contributed by atoms with Crippen molar-refractivity contribution in [3.63, 3.8) is 0 Å². The molecule has 0 unspecified atom stereocenters. The van der Waals surface area contributed by atoms with Crippen molar-refractivity contribution in [1.82, 2.24) is 0 Å². The van der Waals surface area contributed by atoms with Gasteiger partial charge in [-0.15, -0.1) is 0 Å². The van der Waals surface area contributed by atoms with Crippen LogP contribution in [0.3, 0.4) is 0 Å². The predicted octanol–water partition coefficient (Wildman–Crippen LogP) is 4.20. The van der Waals surface area contributed by atoms with E-state index in [0.717, 1.165) is 0 Å². The molecule has 0 aliphatic rings. The minimum absolute atomic E-state index is 0.305. The lowest BCUT2D eigenvalue weighted by atomic mass is 10.2. The van der Waals surface area contributed by atoms with Crippen LogP contribution in [0.2, 0.25) is 10.0 Å². The fourth-order valence-corrected chi connectivity index (χ4v) is 1.27. The summed E-state index contributed by atoms with van der Waals surface area (Å²) >= 11 is 11.5. The van der Waals surface area contributed by atoms with Crippen LogP contribution in [-0.4, -0.2) is 12.7 Å². The first-order valence-electron chi connectivity index (χ1n) is 4.88. The van der Waals surface area contributed by atoms with Crippen LogP contribution in [0.15, 0.2) is 18.2 Å².